The van der Waals surface area contributed by atoms with Crippen molar-refractivity contribution < 1.29 is 26.0 Å². The first-order valence-corrected chi connectivity index (χ1v) is 6.92. The van der Waals surface area contributed by atoms with Crippen molar-refractivity contribution in [2.75, 3.05) is 13.6 Å². The minimum atomic E-state index is -4.69. The number of benzene rings is 1. The van der Waals surface area contributed by atoms with E-state index in [4.69, 9.17) is 5.73 Å². The lowest BCUT2D eigenvalue weighted by molar-refractivity contribution is -0.134. The molecule has 0 amide bonds. The lowest BCUT2D eigenvalue weighted by Gasteiger charge is -2.19. The molecular weight excluding hydrogens is 320 g/mol. The highest BCUT2D eigenvalue weighted by atomic mass is 32.2. The fourth-order valence-corrected chi connectivity index (χ4v) is 2.71. The van der Waals surface area contributed by atoms with Crippen LogP contribution in [0.4, 0.5) is 17.6 Å². The SMILES string of the molecule is CN(CC(F)(F)F)S(=O)(=O)c1ccc(F)c(C(N)=S)c1. The average Bonchev–Trinajstić information content (AvgIpc) is 2.26. The van der Waals surface area contributed by atoms with Crippen molar-refractivity contribution in [3.63, 3.8) is 0 Å². The van der Waals surface area contributed by atoms with Gasteiger partial charge < -0.3 is 5.73 Å². The Labute approximate surface area is 118 Å². The monoisotopic (exact) mass is 330 g/mol. The molecule has 0 saturated carbocycles. The Morgan fingerprint density at radius 3 is 2.40 bits per heavy atom. The highest BCUT2D eigenvalue weighted by molar-refractivity contribution is 7.89. The summed E-state index contributed by atoms with van der Waals surface area (Å²) in [6, 6.07) is 2.43. The van der Waals surface area contributed by atoms with Crippen LogP contribution < -0.4 is 5.73 Å². The van der Waals surface area contributed by atoms with Gasteiger partial charge in [0.15, 0.2) is 0 Å². The second-order valence-corrected chi connectivity index (χ2v) is 6.37. The van der Waals surface area contributed by atoms with E-state index in [1.807, 2.05) is 0 Å². The van der Waals surface area contributed by atoms with E-state index in [2.05, 4.69) is 12.2 Å². The number of halogens is 4. The van der Waals surface area contributed by atoms with E-state index in [0.29, 0.717) is 0 Å². The smallest absolute Gasteiger partial charge is 0.389 e. The Morgan fingerprint density at radius 2 is 1.95 bits per heavy atom. The first kappa shape index (κ1) is 16.8. The van der Waals surface area contributed by atoms with Gasteiger partial charge in [-0.15, -0.1) is 0 Å². The summed E-state index contributed by atoms with van der Waals surface area (Å²) in [4.78, 5) is -0.911. The van der Waals surface area contributed by atoms with Crippen LogP contribution in [-0.4, -0.2) is 37.5 Å². The molecule has 4 nitrogen and oxygen atoms in total. The summed E-state index contributed by atoms with van der Waals surface area (Å²) in [5, 5.41) is 0. The zero-order chi connectivity index (χ0) is 15.7. The number of sulfonamides is 1. The van der Waals surface area contributed by atoms with Crippen LogP contribution in [0.5, 0.6) is 0 Å². The third kappa shape index (κ3) is 3.87. The maximum absolute atomic E-state index is 13.3. The summed E-state index contributed by atoms with van der Waals surface area (Å²) in [5.74, 6) is -0.852. The molecule has 0 atom stereocenters. The van der Waals surface area contributed by atoms with Gasteiger partial charge in [-0.1, -0.05) is 12.2 Å². The van der Waals surface area contributed by atoms with Gasteiger partial charge in [0.1, 0.15) is 17.4 Å². The van der Waals surface area contributed by atoms with E-state index in [0.717, 1.165) is 25.2 Å². The molecule has 20 heavy (non-hydrogen) atoms. The number of thiocarbonyl (C=S) groups is 1. The molecule has 0 aromatic heterocycles. The molecule has 0 aliphatic carbocycles. The Kier molecular flexibility index (Phi) is 4.72. The molecule has 0 aliphatic rings. The van der Waals surface area contributed by atoms with Gasteiger partial charge in [-0.3, -0.25) is 0 Å². The molecule has 1 aromatic carbocycles. The first-order valence-electron chi connectivity index (χ1n) is 5.07. The molecule has 1 aromatic rings. The lowest BCUT2D eigenvalue weighted by Crippen LogP contribution is -2.36. The van der Waals surface area contributed by atoms with E-state index < -0.39 is 38.4 Å². The number of alkyl halides is 3. The van der Waals surface area contributed by atoms with Gasteiger partial charge in [0.25, 0.3) is 0 Å². The number of nitrogens with two attached hydrogens (primary N) is 1. The quantitative estimate of drug-likeness (QED) is 0.673. The Bertz CT molecular complexity index is 629. The summed E-state index contributed by atoms with van der Waals surface area (Å²) in [6.45, 7) is -1.66. The normalized spacial score (nSPS) is 12.7. The van der Waals surface area contributed by atoms with Gasteiger partial charge >= 0.3 is 6.18 Å². The molecule has 10 heteroatoms. The Morgan fingerprint density at radius 1 is 1.40 bits per heavy atom. The molecule has 0 unspecified atom stereocenters. The molecule has 0 bridgehead atoms. The average molecular weight is 330 g/mol. The van der Waals surface area contributed by atoms with Crippen LogP contribution >= 0.6 is 12.2 Å². The zero-order valence-corrected chi connectivity index (χ0v) is 11.7. The Hall–Kier alpha value is -1.26. The summed E-state index contributed by atoms with van der Waals surface area (Å²) in [5.41, 5.74) is 4.86. The van der Waals surface area contributed by atoms with Gasteiger partial charge in [0, 0.05) is 12.6 Å². The predicted octanol–water partition coefficient (Wildman–Crippen LogP) is 1.64. The van der Waals surface area contributed by atoms with Crippen LogP contribution in [0.1, 0.15) is 5.56 Å². The topological polar surface area (TPSA) is 63.4 Å². The van der Waals surface area contributed by atoms with Crippen molar-refractivity contribution in [1.29, 1.82) is 0 Å². The van der Waals surface area contributed by atoms with Gasteiger partial charge in [-0.25, -0.2) is 12.8 Å². The maximum Gasteiger partial charge on any atom is 0.402 e. The van der Waals surface area contributed by atoms with E-state index in [1.54, 1.807) is 0 Å². The van der Waals surface area contributed by atoms with Crippen LogP contribution in [-0.2, 0) is 10.0 Å². The molecule has 0 aliphatic heterocycles. The zero-order valence-electron chi connectivity index (χ0n) is 10.1. The van der Waals surface area contributed by atoms with Crippen molar-refractivity contribution >= 4 is 27.2 Å². The third-order valence-electron chi connectivity index (χ3n) is 2.31. The van der Waals surface area contributed by atoms with Gasteiger partial charge in [0.2, 0.25) is 10.0 Å². The first-order chi connectivity index (χ1) is 8.95. The van der Waals surface area contributed by atoms with Crippen LogP contribution in [0.15, 0.2) is 23.1 Å². The van der Waals surface area contributed by atoms with Crippen LogP contribution in [0.3, 0.4) is 0 Å². The van der Waals surface area contributed by atoms with Crippen molar-refractivity contribution in [3.8, 4) is 0 Å². The van der Waals surface area contributed by atoms with Crippen molar-refractivity contribution in [3.05, 3.63) is 29.6 Å². The number of rotatable bonds is 4. The highest BCUT2D eigenvalue weighted by Crippen LogP contribution is 2.22. The van der Waals surface area contributed by atoms with Crippen molar-refractivity contribution in [2.45, 2.75) is 11.1 Å². The van der Waals surface area contributed by atoms with E-state index in [1.165, 1.54) is 0 Å². The number of hydrogen-bond donors (Lipinski definition) is 1. The third-order valence-corrected chi connectivity index (χ3v) is 4.33. The summed E-state index contributed by atoms with van der Waals surface area (Å²) >= 11 is 4.53. The number of nitrogens with zero attached hydrogens (tertiary/aromatic N) is 1. The van der Waals surface area contributed by atoms with Gasteiger partial charge in [-0.05, 0) is 18.2 Å². The second-order valence-electron chi connectivity index (χ2n) is 3.88. The molecule has 1 rings (SSSR count). The van der Waals surface area contributed by atoms with E-state index in [-0.39, 0.29) is 9.87 Å². The fraction of sp³-hybridized carbons (Fsp3) is 0.300. The van der Waals surface area contributed by atoms with Crippen LogP contribution in [0.25, 0.3) is 0 Å². The predicted molar refractivity (Wildman–Crippen MR) is 68.2 cm³/mol. The summed E-state index contributed by atoms with van der Waals surface area (Å²) in [7, 11) is -3.64. The minimum Gasteiger partial charge on any atom is -0.389 e. The molecule has 0 radical (unpaired) electrons. The van der Waals surface area contributed by atoms with E-state index >= 15 is 0 Å². The maximum atomic E-state index is 13.3. The minimum absolute atomic E-state index is 0.115. The summed E-state index contributed by atoms with van der Waals surface area (Å²) in [6.07, 6.45) is -4.69. The summed E-state index contributed by atoms with van der Waals surface area (Å²) < 4.78 is 73.9. The highest BCUT2D eigenvalue weighted by Gasteiger charge is 2.35. The molecule has 0 fully saturated rings. The molecular formula is C10H10F4N2O2S2. The van der Waals surface area contributed by atoms with E-state index in [9.17, 15) is 26.0 Å². The van der Waals surface area contributed by atoms with Crippen LogP contribution in [0.2, 0.25) is 0 Å². The largest absolute Gasteiger partial charge is 0.402 e. The standard InChI is InChI=1S/C10H10F4N2O2S2/c1-16(5-10(12,13)14)20(17,18)6-2-3-8(11)7(4-6)9(15)19/h2-4H,5H2,1H3,(H2,15,19). The number of hydrogen-bond acceptors (Lipinski definition) is 3. The molecule has 0 saturated heterocycles. The molecule has 0 spiro atoms. The van der Waals surface area contributed by atoms with Crippen molar-refractivity contribution in [1.82, 2.24) is 4.31 Å². The van der Waals surface area contributed by atoms with Gasteiger partial charge in [0.05, 0.1) is 4.90 Å². The van der Waals surface area contributed by atoms with Crippen molar-refractivity contribution in [2.24, 2.45) is 5.73 Å². The molecule has 2 N–H and O–H groups in total. The fourth-order valence-electron chi connectivity index (χ4n) is 1.37. The Balaban J connectivity index is 3.23. The molecule has 0 heterocycles. The van der Waals surface area contributed by atoms with Gasteiger partial charge in [-0.2, -0.15) is 17.5 Å². The second kappa shape index (κ2) is 5.62. The lowest BCUT2D eigenvalue weighted by atomic mass is 10.2. The van der Waals surface area contributed by atoms with Crippen LogP contribution in [0, 0.1) is 5.82 Å². The molecule has 112 valence electrons.